The van der Waals surface area contributed by atoms with Crippen molar-refractivity contribution in [2.24, 2.45) is 7.05 Å². The van der Waals surface area contributed by atoms with E-state index in [0.717, 1.165) is 22.2 Å². The van der Waals surface area contributed by atoms with Gasteiger partial charge in [0.05, 0.1) is 17.4 Å². The predicted octanol–water partition coefficient (Wildman–Crippen LogP) is 6.09. The standard InChI is InChI=1S/C31H34F3N5O3/c1-21(2)36-24-7-11-29(35-18-24)42-26-10-6-23-16-28(37(3)27(23)17-26)30(40)39-14-12-38(13-15-39)19-22-4-8-25(9-5-22)41-20-31(32,33)34/h4-11,16-18,21,36H,12-15,19-20H2,1-3H3. The molecule has 0 aliphatic carbocycles. The van der Waals surface area contributed by atoms with Crippen molar-refractivity contribution in [3.8, 4) is 17.4 Å². The van der Waals surface area contributed by atoms with E-state index in [4.69, 9.17) is 9.47 Å². The normalized spacial score (nSPS) is 14.4. The fraction of sp³-hybridized carbons (Fsp3) is 0.355. The number of halogens is 3. The van der Waals surface area contributed by atoms with Crippen LogP contribution in [0.5, 0.6) is 17.4 Å². The van der Waals surface area contributed by atoms with Crippen LogP contribution in [0.4, 0.5) is 18.9 Å². The minimum Gasteiger partial charge on any atom is -0.484 e. The number of ether oxygens (including phenoxy) is 2. The smallest absolute Gasteiger partial charge is 0.422 e. The van der Waals surface area contributed by atoms with E-state index in [9.17, 15) is 18.0 Å². The summed E-state index contributed by atoms with van der Waals surface area (Å²) in [6, 6.07) is 18.3. The topological polar surface area (TPSA) is 71.9 Å². The maximum atomic E-state index is 13.5. The molecule has 0 bridgehead atoms. The monoisotopic (exact) mass is 581 g/mol. The molecule has 0 radical (unpaired) electrons. The molecule has 5 rings (SSSR count). The third-order valence-electron chi connectivity index (χ3n) is 7.04. The van der Waals surface area contributed by atoms with Crippen molar-refractivity contribution in [3.05, 3.63) is 78.1 Å². The molecule has 2 aromatic carbocycles. The number of aromatic nitrogens is 2. The van der Waals surface area contributed by atoms with Gasteiger partial charge in [-0.15, -0.1) is 0 Å². The van der Waals surface area contributed by atoms with Crippen LogP contribution >= 0.6 is 0 Å². The highest BCUT2D eigenvalue weighted by Crippen LogP contribution is 2.28. The summed E-state index contributed by atoms with van der Waals surface area (Å²) in [5.41, 5.74) is 3.38. The lowest BCUT2D eigenvalue weighted by Gasteiger charge is -2.34. The fourth-order valence-electron chi connectivity index (χ4n) is 4.94. The van der Waals surface area contributed by atoms with Gasteiger partial charge in [-0.05, 0) is 55.8 Å². The molecule has 1 aliphatic rings. The minimum atomic E-state index is -4.37. The lowest BCUT2D eigenvalue weighted by molar-refractivity contribution is -0.153. The van der Waals surface area contributed by atoms with Gasteiger partial charge in [-0.25, -0.2) is 4.98 Å². The Hall–Kier alpha value is -4.25. The molecule has 4 aromatic rings. The number of benzene rings is 2. The second kappa shape index (κ2) is 12.3. The number of alkyl halides is 3. The Bertz CT molecular complexity index is 1510. The highest BCUT2D eigenvalue weighted by atomic mass is 19.4. The number of nitrogens with zero attached hydrogens (tertiary/aromatic N) is 4. The zero-order chi connectivity index (χ0) is 29.9. The fourth-order valence-corrected chi connectivity index (χ4v) is 4.94. The molecule has 3 heterocycles. The number of carbonyl (C=O) groups excluding carboxylic acids is 1. The molecule has 11 heteroatoms. The number of pyridine rings is 1. The summed E-state index contributed by atoms with van der Waals surface area (Å²) in [5, 5.41) is 4.24. The molecule has 0 unspecified atom stereocenters. The van der Waals surface area contributed by atoms with E-state index >= 15 is 0 Å². The van der Waals surface area contributed by atoms with Gasteiger partial charge in [-0.3, -0.25) is 9.69 Å². The van der Waals surface area contributed by atoms with Gasteiger partial charge in [-0.2, -0.15) is 13.2 Å². The quantitative estimate of drug-likeness (QED) is 0.258. The Labute approximate surface area is 242 Å². The van der Waals surface area contributed by atoms with E-state index in [2.05, 4.69) is 29.0 Å². The lowest BCUT2D eigenvalue weighted by atomic mass is 10.2. The van der Waals surface area contributed by atoms with Gasteiger partial charge in [0, 0.05) is 63.3 Å². The third-order valence-corrected chi connectivity index (χ3v) is 7.04. The van der Waals surface area contributed by atoms with Crippen molar-refractivity contribution in [2.45, 2.75) is 32.6 Å². The molecule has 42 heavy (non-hydrogen) atoms. The van der Waals surface area contributed by atoms with Crippen LogP contribution in [0.25, 0.3) is 10.9 Å². The van der Waals surface area contributed by atoms with Gasteiger partial charge in [-0.1, -0.05) is 12.1 Å². The lowest BCUT2D eigenvalue weighted by Crippen LogP contribution is -2.48. The van der Waals surface area contributed by atoms with E-state index < -0.39 is 12.8 Å². The number of fused-ring (bicyclic) bond motifs is 1. The van der Waals surface area contributed by atoms with Crippen molar-refractivity contribution in [2.75, 3.05) is 38.1 Å². The van der Waals surface area contributed by atoms with E-state index in [1.54, 1.807) is 30.5 Å². The maximum Gasteiger partial charge on any atom is 0.422 e. The number of rotatable bonds is 9. The summed E-state index contributed by atoms with van der Waals surface area (Å²) >= 11 is 0. The predicted molar refractivity (Wildman–Crippen MR) is 155 cm³/mol. The molecule has 0 spiro atoms. The zero-order valence-electron chi connectivity index (χ0n) is 23.8. The van der Waals surface area contributed by atoms with Crippen LogP contribution in [0, 0.1) is 0 Å². The molecule has 2 aromatic heterocycles. The Morgan fingerprint density at radius 2 is 1.69 bits per heavy atom. The SMILES string of the molecule is CC(C)Nc1ccc(Oc2ccc3cc(C(=O)N4CCN(Cc5ccc(OCC(F)(F)F)cc5)CC4)n(C)c3c2)nc1. The zero-order valence-corrected chi connectivity index (χ0v) is 23.8. The number of hydrogen-bond acceptors (Lipinski definition) is 6. The van der Waals surface area contributed by atoms with Gasteiger partial charge in [0.25, 0.3) is 5.91 Å². The van der Waals surface area contributed by atoms with Crippen LogP contribution in [0.1, 0.15) is 29.9 Å². The molecular weight excluding hydrogens is 547 g/mol. The van der Waals surface area contributed by atoms with Gasteiger partial charge < -0.3 is 24.3 Å². The summed E-state index contributed by atoms with van der Waals surface area (Å²) in [7, 11) is 1.88. The number of carbonyl (C=O) groups is 1. The van der Waals surface area contributed by atoms with Crippen LogP contribution < -0.4 is 14.8 Å². The van der Waals surface area contributed by atoms with Gasteiger partial charge in [0.1, 0.15) is 17.2 Å². The Morgan fingerprint density at radius 1 is 0.976 bits per heavy atom. The van der Waals surface area contributed by atoms with Crippen LogP contribution in [-0.4, -0.2) is 70.3 Å². The molecule has 1 fully saturated rings. The van der Waals surface area contributed by atoms with Crippen LogP contribution in [0.2, 0.25) is 0 Å². The first-order valence-corrected chi connectivity index (χ1v) is 13.8. The molecule has 1 N–H and O–H groups in total. The number of piperazine rings is 1. The molecular formula is C31H34F3N5O3. The average molecular weight is 582 g/mol. The Balaban J connectivity index is 1.17. The number of hydrogen-bond donors (Lipinski definition) is 1. The van der Waals surface area contributed by atoms with Crippen molar-refractivity contribution < 1.29 is 27.4 Å². The van der Waals surface area contributed by atoms with E-state index in [0.29, 0.717) is 56.1 Å². The first kappa shape index (κ1) is 29.2. The second-order valence-electron chi connectivity index (χ2n) is 10.7. The van der Waals surface area contributed by atoms with Crippen molar-refractivity contribution >= 4 is 22.5 Å². The largest absolute Gasteiger partial charge is 0.484 e. The van der Waals surface area contributed by atoms with Crippen molar-refractivity contribution in [1.29, 1.82) is 0 Å². The molecule has 1 aliphatic heterocycles. The van der Waals surface area contributed by atoms with Crippen LogP contribution in [-0.2, 0) is 13.6 Å². The van der Waals surface area contributed by atoms with Gasteiger partial charge in [0.15, 0.2) is 6.61 Å². The first-order valence-electron chi connectivity index (χ1n) is 13.8. The third kappa shape index (κ3) is 7.33. The van der Waals surface area contributed by atoms with Crippen molar-refractivity contribution in [1.82, 2.24) is 19.4 Å². The molecule has 0 saturated carbocycles. The summed E-state index contributed by atoms with van der Waals surface area (Å²) in [5.74, 6) is 1.27. The number of anilines is 1. The minimum absolute atomic E-state index is 0.0307. The Kier molecular flexibility index (Phi) is 8.58. The van der Waals surface area contributed by atoms with Crippen molar-refractivity contribution in [3.63, 3.8) is 0 Å². The van der Waals surface area contributed by atoms with Crippen LogP contribution in [0.15, 0.2) is 66.9 Å². The highest BCUT2D eigenvalue weighted by molar-refractivity contribution is 5.99. The van der Waals surface area contributed by atoms with E-state index in [1.165, 1.54) is 0 Å². The van der Waals surface area contributed by atoms with E-state index in [-0.39, 0.29) is 11.7 Å². The highest BCUT2D eigenvalue weighted by Gasteiger charge is 2.28. The van der Waals surface area contributed by atoms with Gasteiger partial charge in [0.2, 0.25) is 5.88 Å². The summed E-state index contributed by atoms with van der Waals surface area (Å²) in [4.78, 5) is 21.9. The Morgan fingerprint density at radius 3 is 2.33 bits per heavy atom. The number of amides is 1. The second-order valence-corrected chi connectivity index (χ2v) is 10.7. The van der Waals surface area contributed by atoms with Gasteiger partial charge >= 0.3 is 6.18 Å². The maximum absolute atomic E-state index is 13.5. The number of aryl methyl sites for hydroxylation is 1. The molecule has 1 amide bonds. The van der Waals surface area contributed by atoms with E-state index in [1.807, 2.05) is 52.9 Å². The number of nitrogens with one attached hydrogen (secondary N) is 1. The molecule has 1 saturated heterocycles. The molecule has 0 atom stereocenters. The average Bonchev–Trinajstić information content (AvgIpc) is 3.28. The summed E-state index contributed by atoms with van der Waals surface area (Å²) in [6.45, 7) is 6.00. The van der Waals surface area contributed by atoms with Crippen LogP contribution in [0.3, 0.4) is 0 Å². The summed E-state index contributed by atoms with van der Waals surface area (Å²) < 4.78 is 49.7. The molecule has 222 valence electrons. The summed E-state index contributed by atoms with van der Waals surface area (Å²) in [6.07, 6.45) is -2.63. The molecule has 8 nitrogen and oxygen atoms in total. The first-order chi connectivity index (χ1) is 20.0.